The van der Waals surface area contributed by atoms with Gasteiger partial charge in [0.1, 0.15) is 11.3 Å². The fourth-order valence-corrected chi connectivity index (χ4v) is 5.52. The van der Waals surface area contributed by atoms with Gasteiger partial charge >= 0.3 is 5.69 Å². The molecule has 0 bridgehead atoms. The molecule has 2 aromatic heterocycles. The first-order chi connectivity index (χ1) is 15.5. The van der Waals surface area contributed by atoms with E-state index in [9.17, 15) is 14.7 Å². The van der Waals surface area contributed by atoms with Crippen molar-refractivity contribution in [1.82, 2.24) is 14.1 Å². The predicted molar refractivity (Wildman–Crippen MR) is 126 cm³/mol. The van der Waals surface area contributed by atoms with E-state index in [4.69, 9.17) is 4.74 Å². The summed E-state index contributed by atoms with van der Waals surface area (Å²) in [6.45, 7) is 3.79. The van der Waals surface area contributed by atoms with Gasteiger partial charge in [-0.25, -0.2) is 9.78 Å². The van der Waals surface area contributed by atoms with Crippen LogP contribution in [0.1, 0.15) is 37.1 Å². The highest BCUT2D eigenvalue weighted by Gasteiger charge is 2.34. The molecule has 1 fully saturated rings. The number of aromatic nitrogens is 3. The van der Waals surface area contributed by atoms with Gasteiger partial charge in [0.15, 0.2) is 0 Å². The number of rotatable bonds is 7. The summed E-state index contributed by atoms with van der Waals surface area (Å²) >= 11 is 0. The Morgan fingerprint density at radius 1 is 1.16 bits per heavy atom. The van der Waals surface area contributed by atoms with Gasteiger partial charge < -0.3 is 9.84 Å². The van der Waals surface area contributed by atoms with Crippen molar-refractivity contribution in [3.05, 3.63) is 86.8 Å². The minimum absolute atomic E-state index is 0.171. The van der Waals surface area contributed by atoms with Crippen LogP contribution in [0.5, 0.6) is 0 Å². The van der Waals surface area contributed by atoms with Crippen molar-refractivity contribution in [3.8, 4) is 0 Å². The lowest BCUT2D eigenvalue weighted by atomic mass is 10.1. The molecular weight excluding hydrogens is 446 g/mol. The van der Waals surface area contributed by atoms with Crippen LogP contribution in [-0.2, 0) is 11.3 Å². The van der Waals surface area contributed by atoms with Crippen LogP contribution in [0, 0.1) is 6.92 Å². The molecule has 0 saturated carbocycles. The number of aryl methyl sites for hydroxylation is 1. The zero-order chi connectivity index (χ0) is 22.7. The lowest BCUT2D eigenvalue weighted by molar-refractivity contribution is -0.0223. The Balaban J connectivity index is 1.52. The Kier molecular flexibility index (Phi) is 7.20. The predicted octanol–water partition coefficient (Wildman–Crippen LogP) is 3.62. The summed E-state index contributed by atoms with van der Waals surface area (Å²) < 4.78 is 8.52. The lowest BCUT2D eigenvalue weighted by Crippen LogP contribution is -2.42. The van der Waals surface area contributed by atoms with Gasteiger partial charge in [-0.3, -0.25) is 13.9 Å². The number of benzene rings is 1. The topological polar surface area (TPSA) is 86.4 Å². The summed E-state index contributed by atoms with van der Waals surface area (Å²) in [6.07, 6.45) is 2.79. The van der Waals surface area contributed by atoms with E-state index in [1.165, 1.54) is 15.3 Å². The monoisotopic (exact) mass is 471 g/mol. The summed E-state index contributed by atoms with van der Waals surface area (Å²) in [5.41, 5.74) is 0.564. The molecule has 168 valence electrons. The Labute approximate surface area is 193 Å². The molecule has 1 unspecified atom stereocenters. The van der Waals surface area contributed by atoms with E-state index < -0.39 is 18.0 Å². The first-order valence-corrected chi connectivity index (χ1v) is 12.6. The van der Waals surface area contributed by atoms with Crippen molar-refractivity contribution in [3.63, 3.8) is 0 Å². The van der Waals surface area contributed by atoms with Crippen molar-refractivity contribution >= 4 is 21.6 Å². The molecular formula is C23H25N3O4S2. The molecule has 0 spiro atoms. The second-order valence-corrected chi connectivity index (χ2v) is 9.94. The number of nitrogens with zero attached hydrogens (tertiary/aromatic N) is 3. The van der Waals surface area contributed by atoms with E-state index in [2.05, 4.69) is 4.98 Å². The first kappa shape index (κ1) is 22.8. The molecule has 1 N–H and O–H groups in total. The van der Waals surface area contributed by atoms with Crippen LogP contribution in [0.4, 0.5) is 0 Å². The van der Waals surface area contributed by atoms with Crippen LogP contribution in [0.25, 0.3) is 0 Å². The Morgan fingerprint density at radius 2 is 1.94 bits per heavy atom. The van der Waals surface area contributed by atoms with Gasteiger partial charge in [0, 0.05) is 29.3 Å². The van der Waals surface area contributed by atoms with E-state index in [0.29, 0.717) is 18.4 Å². The highest BCUT2D eigenvalue weighted by Crippen LogP contribution is 2.36. The summed E-state index contributed by atoms with van der Waals surface area (Å²) in [4.78, 5) is 31.2. The molecule has 0 radical (unpaired) electrons. The van der Waals surface area contributed by atoms with Crippen molar-refractivity contribution in [1.29, 1.82) is 0 Å². The molecule has 1 aromatic carbocycles. The van der Waals surface area contributed by atoms with E-state index in [0.717, 1.165) is 15.5 Å². The molecule has 9 heteroatoms. The van der Waals surface area contributed by atoms with Gasteiger partial charge in [0.25, 0.3) is 5.56 Å². The van der Waals surface area contributed by atoms with Gasteiger partial charge in [-0.1, -0.05) is 35.9 Å². The van der Waals surface area contributed by atoms with Crippen molar-refractivity contribution in [2.45, 2.75) is 61.6 Å². The largest absolute Gasteiger partial charge is 0.390 e. The lowest BCUT2D eigenvalue weighted by Gasteiger charge is -2.17. The SMILES string of the molecule is CC[C@H]1O[C@@H](n2cc(C)c(=O)n(Cc3ccc(SSc4ccccn4)cc3)c2=O)CC1O. The van der Waals surface area contributed by atoms with Crippen LogP contribution >= 0.6 is 21.6 Å². The molecule has 1 aliphatic heterocycles. The van der Waals surface area contributed by atoms with Crippen molar-refractivity contribution < 1.29 is 9.84 Å². The second kappa shape index (κ2) is 10.1. The number of aliphatic hydroxyl groups excluding tert-OH is 1. The molecule has 7 nitrogen and oxygen atoms in total. The average Bonchev–Trinajstić information content (AvgIpc) is 3.19. The highest BCUT2D eigenvalue weighted by molar-refractivity contribution is 8.76. The minimum atomic E-state index is -0.619. The normalized spacial score (nSPS) is 20.5. The fraction of sp³-hybridized carbons (Fsp3) is 0.348. The smallest absolute Gasteiger partial charge is 0.333 e. The first-order valence-electron chi connectivity index (χ1n) is 10.5. The third-order valence-corrected chi connectivity index (χ3v) is 7.71. The maximum atomic E-state index is 13.1. The van der Waals surface area contributed by atoms with Gasteiger partial charge in [-0.05, 0) is 54.0 Å². The maximum absolute atomic E-state index is 13.1. The molecule has 3 aromatic rings. The Morgan fingerprint density at radius 3 is 2.59 bits per heavy atom. The van der Waals surface area contributed by atoms with Crippen LogP contribution in [0.2, 0.25) is 0 Å². The number of hydrogen-bond acceptors (Lipinski definition) is 7. The van der Waals surface area contributed by atoms with E-state index in [-0.39, 0.29) is 18.2 Å². The van der Waals surface area contributed by atoms with Crippen LogP contribution in [0.3, 0.4) is 0 Å². The van der Waals surface area contributed by atoms with Crippen molar-refractivity contribution in [2.75, 3.05) is 0 Å². The number of aliphatic hydroxyl groups is 1. The van der Waals surface area contributed by atoms with Gasteiger partial charge in [-0.15, -0.1) is 0 Å². The average molecular weight is 472 g/mol. The summed E-state index contributed by atoms with van der Waals surface area (Å²) in [5.74, 6) is 0. The molecule has 4 rings (SSSR count). The minimum Gasteiger partial charge on any atom is -0.390 e. The Hall–Kier alpha value is -2.33. The molecule has 32 heavy (non-hydrogen) atoms. The third-order valence-electron chi connectivity index (χ3n) is 5.41. The maximum Gasteiger partial charge on any atom is 0.333 e. The van der Waals surface area contributed by atoms with E-state index >= 15 is 0 Å². The van der Waals surface area contributed by atoms with Gasteiger partial charge in [0.05, 0.1) is 18.8 Å². The van der Waals surface area contributed by atoms with Gasteiger partial charge in [-0.2, -0.15) is 0 Å². The summed E-state index contributed by atoms with van der Waals surface area (Å²) in [5, 5.41) is 11.1. The fourth-order valence-electron chi connectivity index (χ4n) is 3.68. The third kappa shape index (κ3) is 5.01. The zero-order valence-corrected chi connectivity index (χ0v) is 19.5. The number of ether oxygens (including phenoxy) is 1. The molecule has 0 aliphatic carbocycles. The molecule has 1 saturated heterocycles. The molecule has 3 atom stereocenters. The molecule has 1 aliphatic rings. The van der Waals surface area contributed by atoms with Crippen LogP contribution < -0.4 is 11.2 Å². The Bertz CT molecular complexity index is 1180. The summed E-state index contributed by atoms with van der Waals surface area (Å²) in [7, 11) is 3.17. The number of pyridine rings is 1. The summed E-state index contributed by atoms with van der Waals surface area (Å²) in [6, 6.07) is 13.6. The van der Waals surface area contributed by atoms with Crippen LogP contribution in [0.15, 0.2) is 74.4 Å². The number of hydrogen-bond donors (Lipinski definition) is 1. The second-order valence-electron chi connectivity index (χ2n) is 7.71. The van der Waals surface area contributed by atoms with Crippen LogP contribution in [-0.4, -0.2) is 31.4 Å². The highest BCUT2D eigenvalue weighted by atomic mass is 33.1. The van der Waals surface area contributed by atoms with Crippen molar-refractivity contribution in [2.24, 2.45) is 0 Å². The van der Waals surface area contributed by atoms with E-state index in [1.807, 2.05) is 49.4 Å². The van der Waals surface area contributed by atoms with Gasteiger partial charge in [0.2, 0.25) is 0 Å². The zero-order valence-electron chi connectivity index (χ0n) is 17.9. The standard InChI is InChI=1S/C23H25N3O4S2/c1-3-19-18(27)12-21(30-19)25-13-15(2)22(28)26(23(25)29)14-16-7-9-17(10-8-16)31-32-20-6-4-5-11-24-20/h4-11,13,18-19,21,27H,3,12,14H2,1-2H3/t18?,19-,21-/m1/s1. The molecule has 3 heterocycles. The van der Waals surface area contributed by atoms with E-state index in [1.54, 1.807) is 34.7 Å². The quantitative estimate of drug-likeness (QED) is 0.527. The molecule has 0 amide bonds.